The van der Waals surface area contributed by atoms with Gasteiger partial charge in [0.25, 0.3) is 11.8 Å². The number of anilines is 1. The number of amides is 2. The number of nitrogens with zero attached hydrogens (tertiary/aromatic N) is 2. The fourth-order valence-electron chi connectivity index (χ4n) is 2.83. The summed E-state index contributed by atoms with van der Waals surface area (Å²) in [6.07, 6.45) is -1.06. The molecule has 0 aliphatic rings. The number of hydrogen-bond acceptors (Lipinski definition) is 5. The summed E-state index contributed by atoms with van der Waals surface area (Å²) in [5, 5.41) is 9.23. The quantitative estimate of drug-likeness (QED) is 0.443. The highest BCUT2D eigenvalue weighted by molar-refractivity contribution is 6.08. The number of benzene rings is 1. The van der Waals surface area contributed by atoms with Gasteiger partial charge in [0.1, 0.15) is 18.1 Å². The molecular formula is C21H20F4N4O4. The van der Waals surface area contributed by atoms with Gasteiger partial charge in [-0.1, -0.05) is 12.1 Å². The maximum absolute atomic E-state index is 13.0. The van der Waals surface area contributed by atoms with Crippen LogP contribution in [-0.4, -0.2) is 40.5 Å². The Balaban J connectivity index is 1.63. The first-order valence-electron chi connectivity index (χ1n) is 9.64. The van der Waals surface area contributed by atoms with E-state index in [1.807, 2.05) is 0 Å². The summed E-state index contributed by atoms with van der Waals surface area (Å²) in [7, 11) is 1.53. The second kappa shape index (κ2) is 10.3. The molecule has 2 heterocycles. The van der Waals surface area contributed by atoms with E-state index >= 15 is 0 Å². The fourth-order valence-corrected chi connectivity index (χ4v) is 2.83. The highest BCUT2D eigenvalue weighted by Gasteiger charge is 2.40. The monoisotopic (exact) mass is 468 g/mol. The molecule has 0 aliphatic heterocycles. The zero-order chi connectivity index (χ0) is 24.0. The maximum Gasteiger partial charge on any atom is 0.330 e. The van der Waals surface area contributed by atoms with Crippen molar-refractivity contribution in [3.8, 4) is 0 Å². The molecule has 0 atom stereocenters. The van der Waals surface area contributed by atoms with Crippen molar-refractivity contribution in [1.29, 1.82) is 0 Å². The summed E-state index contributed by atoms with van der Waals surface area (Å²) in [4.78, 5) is 25.2. The van der Waals surface area contributed by atoms with Gasteiger partial charge in [0.2, 0.25) is 0 Å². The number of aryl methyl sites for hydroxylation is 1. The summed E-state index contributed by atoms with van der Waals surface area (Å²) >= 11 is 0. The lowest BCUT2D eigenvalue weighted by atomic mass is 10.1. The number of nitrogens with one attached hydrogen (secondary N) is 2. The number of hydrogen-bond donors (Lipinski definition) is 2. The summed E-state index contributed by atoms with van der Waals surface area (Å²) in [6, 6.07) is 9.18. The average molecular weight is 468 g/mol. The summed E-state index contributed by atoms with van der Waals surface area (Å²) in [5.41, 5.74) is 0.721. The molecule has 3 rings (SSSR count). The van der Waals surface area contributed by atoms with Gasteiger partial charge in [-0.3, -0.25) is 14.3 Å². The molecule has 2 N–H and O–H groups in total. The van der Waals surface area contributed by atoms with E-state index in [1.165, 1.54) is 48.5 Å². The number of carbonyl (C=O) groups excluding carboxylic acids is 2. The summed E-state index contributed by atoms with van der Waals surface area (Å²) in [5.74, 6) is -4.81. The van der Waals surface area contributed by atoms with Crippen molar-refractivity contribution >= 4 is 17.5 Å². The number of aromatic nitrogens is 2. The van der Waals surface area contributed by atoms with Gasteiger partial charge < -0.3 is 19.8 Å². The third-order valence-electron chi connectivity index (χ3n) is 4.48. The van der Waals surface area contributed by atoms with Crippen LogP contribution in [0, 0.1) is 0 Å². The topological polar surface area (TPSA) is 98.4 Å². The molecule has 0 fully saturated rings. The molecule has 0 bridgehead atoms. The zero-order valence-corrected chi connectivity index (χ0v) is 17.4. The van der Waals surface area contributed by atoms with Crippen LogP contribution in [0.15, 0.2) is 53.3 Å². The van der Waals surface area contributed by atoms with Crippen molar-refractivity contribution in [3.63, 3.8) is 0 Å². The first kappa shape index (κ1) is 24.0. The minimum atomic E-state index is -4.26. The van der Waals surface area contributed by atoms with Crippen LogP contribution in [0.5, 0.6) is 0 Å². The Hall–Kier alpha value is -3.67. The lowest BCUT2D eigenvalue weighted by molar-refractivity contribution is -0.168. The highest BCUT2D eigenvalue weighted by atomic mass is 19.3. The predicted molar refractivity (Wildman–Crippen MR) is 108 cm³/mol. The number of rotatable bonds is 10. The van der Waals surface area contributed by atoms with E-state index in [9.17, 15) is 27.2 Å². The van der Waals surface area contributed by atoms with E-state index in [-0.39, 0.29) is 23.5 Å². The Morgan fingerprint density at radius 3 is 2.70 bits per heavy atom. The Kier molecular flexibility index (Phi) is 7.48. The second-order valence-corrected chi connectivity index (χ2v) is 7.00. The molecule has 12 heteroatoms. The SMILES string of the molecule is Cn1ncc(NC(=O)c2cccc(COCC(F)(F)C(F)F)c2)c1C(=O)NCc1ccco1. The smallest absolute Gasteiger partial charge is 0.330 e. The van der Waals surface area contributed by atoms with Crippen LogP contribution in [0.4, 0.5) is 23.2 Å². The third kappa shape index (κ3) is 6.19. The molecule has 0 aliphatic carbocycles. The van der Waals surface area contributed by atoms with Gasteiger partial charge >= 0.3 is 12.3 Å². The van der Waals surface area contributed by atoms with E-state index in [1.54, 1.807) is 12.1 Å². The van der Waals surface area contributed by atoms with Crippen molar-refractivity contribution in [2.75, 3.05) is 11.9 Å². The van der Waals surface area contributed by atoms with Gasteiger partial charge in [0, 0.05) is 12.6 Å². The summed E-state index contributed by atoms with van der Waals surface area (Å²) in [6.45, 7) is -1.71. The van der Waals surface area contributed by atoms with Gasteiger partial charge in [-0.15, -0.1) is 0 Å². The van der Waals surface area contributed by atoms with Gasteiger partial charge in [-0.25, -0.2) is 8.78 Å². The molecule has 33 heavy (non-hydrogen) atoms. The Bertz CT molecular complexity index is 1100. The minimum absolute atomic E-state index is 0.101. The fraction of sp³-hybridized carbons (Fsp3) is 0.286. The predicted octanol–water partition coefficient (Wildman–Crippen LogP) is 3.61. The number of ether oxygens (including phenoxy) is 1. The minimum Gasteiger partial charge on any atom is -0.467 e. The molecule has 3 aromatic rings. The zero-order valence-electron chi connectivity index (χ0n) is 17.4. The van der Waals surface area contributed by atoms with Gasteiger partial charge in [-0.05, 0) is 29.8 Å². The highest BCUT2D eigenvalue weighted by Crippen LogP contribution is 2.23. The van der Waals surface area contributed by atoms with Crippen LogP contribution >= 0.6 is 0 Å². The van der Waals surface area contributed by atoms with Crippen molar-refractivity contribution in [1.82, 2.24) is 15.1 Å². The Morgan fingerprint density at radius 2 is 2.00 bits per heavy atom. The van der Waals surface area contributed by atoms with E-state index in [2.05, 4.69) is 20.5 Å². The molecule has 2 amide bonds. The first-order valence-corrected chi connectivity index (χ1v) is 9.64. The lowest BCUT2D eigenvalue weighted by Gasteiger charge is -2.15. The molecule has 8 nitrogen and oxygen atoms in total. The lowest BCUT2D eigenvalue weighted by Crippen LogP contribution is -2.32. The van der Waals surface area contributed by atoms with E-state index in [0.29, 0.717) is 11.3 Å². The molecule has 0 unspecified atom stereocenters. The first-order chi connectivity index (χ1) is 15.7. The molecule has 2 aromatic heterocycles. The number of alkyl halides is 4. The molecule has 0 saturated heterocycles. The van der Waals surface area contributed by atoms with Gasteiger partial charge in [0.15, 0.2) is 0 Å². The number of carbonyl (C=O) groups is 2. The number of furan rings is 1. The van der Waals surface area contributed by atoms with Crippen LogP contribution in [0.2, 0.25) is 0 Å². The van der Waals surface area contributed by atoms with E-state index in [4.69, 9.17) is 4.42 Å². The van der Waals surface area contributed by atoms with Crippen molar-refractivity contribution in [2.24, 2.45) is 7.05 Å². The van der Waals surface area contributed by atoms with Crippen molar-refractivity contribution in [2.45, 2.75) is 25.5 Å². The Morgan fingerprint density at radius 1 is 1.21 bits per heavy atom. The third-order valence-corrected chi connectivity index (χ3v) is 4.48. The van der Waals surface area contributed by atoms with Gasteiger partial charge in [0.05, 0.1) is 31.3 Å². The van der Waals surface area contributed by atoms with Crippen LogP contribution in [0.3, 0.4) is 0 Å². The Labute approximate surface area is 185 Å². The largest absolute Gasteiger partial charge is 0.467 e. The normalized spacial score (nSPS) is 11.6. The molecule has 0 saturated carbocycles. The second-order valence-electron chi connectivity index (χ2n) is 7.00. The molecule has 176 valence electrons. The maximum atomic E-state index is 13.0. The average Bonchev–Trinajstić information content (AvgIpc) is 3.42. The molecular weight excluding hydrogens is 448 g/mol. The van der Waals surface area contributed by atoms with E-state index < -0.39 is 37.4 Å². The molecule has 1 aromatic carbocycles. The van der Waals surface area contributed by atoms with Crippen molar-refractivity contribution in [3.05, 3.63) is 71.4 Å². The van der Waals surface area contributed by atoms with Crippen molar-refractivity contribution < 1.29 is 36.3 Å². The number of halogens is 4. The van der Waals surface area contributed by atoms with Crippen LogP contribution in [0.1, 0.15) is 32.2 Å². The van der Waals surface area contributed by atoms with Gasteiger partial charge in [-0.2, -0.15) is 13.9 Å². The molecule has 0 radical (unpaired) electrons. The summed E-state index contributed by atoms with van der Waals surface area (Å²) < 4.78 is 61.4. The van der Waals surface area contributed by atoms with E-state index in [0.717, 1.165) is 0 Å². The van der Waals surface area contributed by atoms with Crippen LogP contribution in [-0.2, 0) is 24.9 Å². The van der Waals surface area contributed by atoms with Crippen LogP contribution < -0.4 is 10.6 Å². The molecule has 0 spiro atoms. The standard InChI is InChI=1S/C21H20F4N4O4/c1-29-17(19(31)26-9-15-6-3-7-33-15)16(10-27-29)28-18(30)14-5-2-4-13(8-14)11-32-12-21(24,25)20(22)23/h2-8,10,20H,9,11-12H2,1H3,(H,26,31)(H,28,30). The van der Waals surface area contributed by atoms with Crippen LogP contribution in [0.25, 0.3) is 0 Å².